The zero-order valence-corrected chi connectivity index (χ0v) is 21.1. The average Bonchev–Trinajstić information content (AvgIpc) is 2.81. The number of nitriles is 1. The van der Waals surface area contributed by atoms with Gasteiger partial charge < -0.3 is 10.1 Å². The van der Waals surface area contributed by atoms with Crippen molar-refractivity contribution < 1.29 is 13.2 Å². The number of ether oxygens (including phenoxy) is 1. The number of nitrogens with one attached hydrogen (secondary N) is 2. The highest BCUT2D eigenvalue weighted by atomic mass is 35.5. The molecule has 0 spiro atoms. The lowest BCUT2D eigenvalue weighted by Crippen LogP contribution is -2.09. The molecule has 0 atom stereocenters. The van der Waals surface area contributed by atoms with Crippen LogP contribution in [-0.4, -0.2) is 32.0 Å². The first-order chi connectivity index (χ1) is 16.3. The Labute approximate surface area is 214 Å². The van der Waals surface area contributed by atoms with E-state index in [0.29, 0.717) is 51.0 Å². The summed E-state index contributed by atoms with van der Waals surface area (Å²) in [6, 6.07) is 19.8. The summed E-state index contributed by atoms with van der Waals surface area (Å²) in [6.45, 7) is 0.428. The Morgan fingerprint density at radius 3 is 2.54 bits per heavy atom. The number of aromatic nitrogens is 2. The highest BCUT2D eigenvalue weighted by Crippen LogP contribution is 2.32. The van der Waals surface area contributed by atoms with Gasteiger partial charge in [0.05, 0.1) is 30.0 Å². The fraction of sp³-hybridized carbons (Fsp3) is 0.125. The van der Waals surface area contributed by atoms with Crippen molar-refractivity contribution in [3.8, 4) is 23.1 Å². The molecule has 11 heteroatoms. The van der Waals surface area contributed by atoms with E-state index in [9.17, 15) is 13.7 Å². The number of halogens is 2. The lowest BCUT2D eigenvalue weighted by atomic mass is 10.0. The molecule has 8 nitrogen and oxygen atoms in total. The summed E-state index contributed by atoms with van der Waals surface area (Å²) in [5.41, 5.74) is 3.07. The molecule has 0 aliphatic rings. The van der Waals surface area contributed by atoms with Crippen LogP contribution in [0.4, 0.5) is 11.5 Å². The summed E-state index contributed by atoms with van der Waals surface area (Å²) >= 11 is 6.23. The molecular formula is C24H21Cl2N5O3S. The molecule has 2 N–H and O–H groups in total. The SMILES string of the molecule is COc1ccc(CNc2nnc(-c3cccc(NS(C)(=O)=O)c3)c3ccc(C#N)cc23)cc1Cl.Cl. The van der Waals surface area contributed by atoms with Crippen molar-refractivity contribution in [1.82, 2.24) is 10.2 Å². The predicted octanol–water partition coefficient (Wildman–Crippen LogP) is 5.24. The van der Waals surface area contributed by atoms with E-state index in [0.717, 1.165) is 17.2 Å². The molecular weight excluding hydrogens is 509 g/mol. The van der Waals surface area contributed by atoms with Gasteiger partial charge in [-0.1, -0.05) is 35.9 Å². The molecule has 180 valence electrons. The average molecular weight is 530 g/mol. The number of fused-ring (bicyclic) bond motifs is 1. The van der Waals surface area contributed by atoms with Crippen LogP contribution in [0, 0.1) is 11.3 Å². The van der Waals surface area contributed by atoms with E-state index in [1.807, 2.05) is 18.2 Å². The van der Waals surface area contributed by atoms with E-state index in [2.05, 4.69) is 26.3 Å². The van der Waals surface area contributed by atoms with Crippen LogP contribution in [0.15, 0.2) is 60.7 Å². The van der Waals surface area contributed by atoms with Crippen LogP contribution in [0.3, 0.4) is 0 Å². The smallest absolute Gasteiger partial charge is 0.229 e. The number of hydrogen-bond acceptors (Lipinski definition) is 7. The van der Waals surface area contributed by atoms with Gasteiger partial charge in [-0.15, -0.1) is 22.6 Å². The zero-order chi connectivity index (χ0) is 24.3. The van der Waals surface area contributed by atoms with Crippen LogP contribution < -0.4 is 14.8 Å². The molecule has 0 saturated carbocycles. The molecule has 0 radical (unpaired) electrons. The maximum absolute atomic E-state index is 11.6. The minimum atomic E-state index is -3.42. The lowest BCUT2D eigenvalue weighted by Gasteiger charge is -2.13. The van der Waals surface area contributed by atoms with Gasteiger partial charge in [-0.2, -0.15) is 5.26 Å². The summed E-state index contributed by atoms with van der Waals surface area (Å²) in [5.74, 6) is 1.10. The molecule has 0 bridgehead atoms. The first kappa shape index (κ1) is 26.0. The van der Waals surface area contributed by atoms with E-state index in [4.69, 9.17) is 16.3 Å². The van der Waals surface area contributed by atoms with Crippen LogP contribution >= 0.6 is 24.0 Å². The molecule has 0 saturated heterocycles. The van der Waals surface area contributed by atoms with Crippen molar-refractivity contribution in [3.63, 3.8) is 0 Å². The molecule has 0 aliphatic carbocycles. The lowest BCUT2D eigenvalue weighted by molar-refractivity contribution is 0.415. The Morgan fingerprint density at radius 2 is 1.86 bits per heavy atom. The Hall–Kier alpha value is -3.58. The Balaban J connectivity index is 0.00000342. The van der Waals surface area contributed by atoms with E-state index in [1.165, 1.54) is 0 Å². The Kier molecular flexibility index (Phi) is 8.02. The van der Waals surface area contributed by atoms with Crippen LogP contribution in [0.2, 0.25) is 5.02 Å². The number of methoxy groups -OCH3 is 1. The maximum atomic E-state index is 11.6. The summed E-state index contributed by atoms with van der Waals surface area (Å²) in [5, 5.41) is 23.4. The number of hydrogen-bond donors (Lipinski definition) is 2. The molecule has 0 fully saturated rings. The van der Waals surface area contributed by atoms with Crippen LogP contribution in [0.5, 0.6) is 5.75 Å². The van der Waals surface area contributed by atoms with Gasteiger partial charge in [-0.3, -0.25) is 4.72 Å². The van der Waals surface area contributed by atoms with Crippen LogP contribution in [0.1, 0.15) is 11.1 Å². The molecule has 3 aromatic carbocycles. The standard InChI is InChI=1S/C24H20ClN5O3S.ClH/c1-33-22-9-7-16(11-21(22)25)14-27-24-20-10-15(13-26)6-8-19(20)23(28-29-24)17-4-3-5-18(12-17)30-34(2,31)32;/h3-12,30H,14H2,1-2H3,(H,27,29);1H. The van der Waals surface area contributed by atoms with E-state index >= 15 is 0 Å². The van der Waals surface area contributed by atoms with Crippen molar-refractivity contribution in [2.24, 2.45) is 0 Å². The Morgan fingerprint density at radius 1 is 1.06 bits per heavy atom. The summed E-state index contributed by atoms with van der Waals surface area (Å²) in [4.78, 5) is 0. The summed E-state index contributed by atoms with van der Waals surface area (Å²) < 4.78 is 30.9. The van der Waals surface area contributed by atoms with Gasteiger partial charge in [0.15, 0.2) is 5.82 Å². The third-order valence-corrected chi connectivity index (χ3v) is 5.93. The number of benzene rings is 3. The van der Waals surface area contributed by atoms with Crippen molar-refractivity contribution in [3.05, 3.63) is 76.8 Å². The van der Waals surface area contributed by atoms with Crippen molar-refractivity contribution >= 4 is 56.3 Å². The van der Waals surface area contributed by atoms with Gasteiger partial charge in [-0.25, -0.2) is 8.42 Å². The monoisotopic (exact) mass is 529 g/mol. The molecule has 4 aromatic rings. The fourth-order valence-electron chi connectivity index (χ4n) is 3.52. The second kappa shape index (κ2) is 10.8. The van der Waals surface area contributed by atoms with Gasteiger partial charge in [-0.05, 0) is 42.0 Å². The largest absolute Gasteiger partial charge is 0.495 e. The van der Waals surface area contributed by atoms with Crippen LogP contribution in [-0.2, 0) is 16.6 Å². The summed E-state index contributed by atoms with van der Waals surface area (Å²) in [7, 11) is -1.87. The van der Waals surface area contributed by atoms with Gasteiger partial charge in [0.25, 0.3) is 0 Å². The van der Waals surface area contributed by atoms with E-state index < -0.39 is 10.0 Å². The first-order valence-corrected chi connectivity index (χ1v) is 12.4. The molecule has 1 aromatic heterocycles. The second-order valence-electron chi connectivity index (χ2n) is 7.55. The normalized spacial score (nSPS) is 10.8. The highest BCUT2D eigenvalue weighted by molar-refractivity contribution is 7.92. The van der Waals surface area contributed by atoms with Crippen molar-refractivity contribution in [1.29, 1.82) is 5.26 Å². The van der Waals surface area contributed by atoms with E-state index in [1.54, 1.807) is 49.6 Å². The number of rotatable bonds is 7. The van der Waals surface area contributed by atoms with E-state index in [-0.39, 0.29) is 12.4 Å². The Bertz CT molecular complexity index is 1540. The van der Waals surface area contributed by atoms with Gasteiger partial charge in [0.2, 0.25) is 10.0 Å². The zero-order valence-electron chi connectivity index (χ0n) is 18.7. The highest BCUT2D eigenvalue weighted by Gasteiger charge is 2.14. The minimum Gasteiger partial charge on any atom is -0.495 e. The molecule has 0 aliphatic heterocycles. The molecule has 4 rings (SSSR count). The van der Waals surface area contributed by atoms with Gasteiger partial charge in [0, 0.05) is 28.6 Å². The predicted molar refractivity (Wildman–Crippen MR) is 141 cm³/mol. The first-order valence-electron chi connectivity index (χ1n) is 10.1. The van der Waals surface area contributed by atoms with Crippen molar-refractivity contribution in [2.75, 3.05) is 23.4 Å². The van der Waals surface area contributed by atoms with Crippen LogP contribution in [0.25, 0.3) is 22.0 Å². The minimum absolute atomic E-state index is 0. The summed E-state index contributed by atoms with van der Waals surface area (Å²) in [6.07, 6.45) is 1.09. The van der Waals surface area contributed by atoms with Gasteiger partial charge >= 0.3 is 0 Å². The third kappa shape index (κ3) is 6.11. The number of nitrogens with zero attached hydrogens (tertiary/aromatic N) is 3. The molecule has 1 heterocycles. The third-order valence-electron chi connectivity index (χ3n) is 5.02. The van der Waals surface area contributed by atoms with Crippen molar-refractivity contribution in [2.45, 2.75) is 6.54 Å². The molecule has 0 amide bonds. The van der Waals surface area contributed by atoms with Gasteiger partial charge in [0.1, 0.15) is 11.4 Å². The molecule has 0 unspecified atom stereocenters. The quantitative estimate of drug-likeness (QED) is 0.336. The number of sulfonamides is 1. The number of anilines is 2. The fourth-order valence-corrected chi connectivity index (χ4v) is 4.35. The second-order valence-corrected chi connectivity index (χ2v) is 9.70. The maximum Gasteiger partial charge on any atom is 0.229 e. The topological polar surface area (TPSA) is 117 Å². The molecule has 35 heavy (non-hydrogen) atoms.